The summed E-state index contributed by atoms with van der Waals surface area (Å²) in [7, 11) is 0. The van der Waals surface area contributed by atoms with Gasteiger partial charge < -0.3 is 5.32 Å². The lowest BCUT2D eigenvalue weighted by atomic mass is 10.0. The molecule has 0 bridgehead atoms. The molecular weight excluding hydrogens is 386 g/mol. The number of ketones is 2. The fraction of sp³-hybridized carbons (Fsp3) is 0.154. The van der Waals surface area contributed by atoms with Gasteiger partial charge in [-0.2, -0.15) is 0 Å². The summed E-state index contributed by atoms with van der Waals surface area (Å²) in [6, 6.07) is 23.2. The first-order valence-corrected chi connectivity index (χ1v) is 10.1. The predicted octanol–water partition coefficient (Wildman–Crippen LogP) is 6.67. The number of allylic oxidation sites excluding steroid dienone is 1. The molecule has 0 amide bonds. The third-order valence-corrected chi connectivity index (χ3v) is 4.94. The summed E-state index contributed by atoms with van der Waals surface area (Å²) in [5, 5.41) is 11.9. The number of anilines is 1. The Bertz CT molecular complexity index is 1130. The molecule has 3 aromatic rings. The van der Waals surface area contributed by atoms with Crippen molar-refractivity contribution in [1.29, 1.82) is 0 Å². The molecule has 0 radical (unpaired) electrons. The molecule has 1 N–H and O–H groups in total. The van der Waals surface area contributed by atoms with Gasteiger partial charge in [0.2, 0.25) is 0 Å². The van der Waals surface area contributed by atoms with E-state index in [0.717, 1.165) is 0 Å². The van der Waals surface area contributed by atoms with Gasteiger partial charge >= 0.3 is 0 Å². The van der Waals surface area contributed by atoms with E-state index in [2.05, 4.69) is 15.5 Å². The summed E-state index contributed by atoms with van der Waals surface area (Å²) >= 11 is 0. The highest BCUT2D eigenvalue weighted by Gasteiger charge is 2.16. The molecule has 3 aromatic carbocycles. The van der Waals surface area contributed by atoms with Crippen molar-refractivity contribution in [3.63, 3.8) is 0 Å². The van der Waals surface area contributed by atoms with Crippen molar-refractivity contribution in [2.75, 3.05) is 5.32 Å². The minimum absolute atomic E-state index is 0.0213. The first kappa shape index (κ1) is 21.8. The van der Waals surface area contributed by atoms with Gasteiger partial charge in [-0.05, 0) is 50.6 Å². The van der Waals surface area contributed by atoms with E-state index in [9.17, 15) is 9.59 Å². The molecule has 31 heavy (non-hydrogen) atoms. The van der Waals surface area contributed by atoms with Crippen molar-refractivity contribution in [2.45, 2.75) is 26.8 Å². The molecule has 0 fully saturated rings. The normalized spacial score (nSPS) is 12.5. The minimum atomic E-state index is -0.403. The Kier molecular flexibility index (Phi) is 7.22. The third-order valence-electron chi connectivity index (χ3n) is 4.94. The van der Waals surface area contributed by atoms with Gasteiger partial charge in [0.15, 0.2) is 11.6 Å². The Morgan fingerprint density at radius 2 is 1.42 bits per heavy atom. The van der Waals surface area contributed by atoms with Gasteiger partial charge in [0.1, 0.15) is 5.69 Å². The smallest absolute Gasteiger partial charge is 0.195 e. The Hall–Kier alpha value is -3.86. The molecule has 5 heteroatoms. The average Bonchev–Trinajstić information content (AvgIpc) is 2.82. The van der Waals surface area contributed by atoms with Crippen LogP contribution >= 0.6 is 0 Å². The standard InChI is InChI=1S/C26H25N3O2/c1-4-18(2)25(30)19(3)27-23-16-10-11-17-24(23)29-28-22-15-9-8-14-21(22)26(31)20-12-6-5-7-13-20/h4-17,19,27H,1-3H3/b18-4+,29-28?. The van der Waals surface area contributed by atoms with E-state index in [1.54, 1.807) is 37.3 Å². The fourth-order valence-electron chi connectivity index (χ4n) is 3.07. The Morgan fingerprint density at radius 3 is 2.13 bits per heavy atom. The number of benzene rings is 3. The predicted molar refractivity (Wildman–Crippen MR) is 124 cm³/mol. The number of azo groups is 1. The molecule has 0 spiro atoms. The molecule has 156 valence electrons. The molecule has 1 atom stereocenters. The van der Waals surface area contributed by atoms with Gasteiger partial charge in [0, 0.05) is 5.56 Å². The summed E-state index contributed by atoms with van der Waals surface area (Å²) in [5.41, 5.74) is 3.55. The van der Waals surface area contributed by atoms with Crippen molar-refractivity contribution >= 4 is 28.6 Å². The van der Waals surface area contributed by atoms with Gasteiger partial charge in [0.25, 0.3) is 0 Å². The molecule has 0 aromatic heterocycles. The lowest BCUT2D eigenvalue weighted by Gasteiger charge is -2.15. The van der Waals surface area contributed by atoms with Crippen molar-refractivity contribution in [2.24, 2.45) is 10.2 Å². The van der Waals surface area contributed by atoms with Crippen LogP contribution < -0.4 is 5.32 Å². The van der Waals surface area contributed by atoms with Crippen molar-refractivity contribution in [3.05, 3.63) is 102 Å². The van der Waals surface area contributed by atoms with Crippen LogP contribution in [0.2, 0.25) is 0 Å². The molecule has 0 heterocycles. The maximum Gasteiger partial charge on any atom is 0.195 e. The molecule has 0 saturated carbocycles. The lowest BCUT2D eigenvalue weighted by molar-refractivity contribution is -0.115. The van der Waals surface area contributed by atoms with Crippen LogP contribution in [0.3, 0.4) is 0 Å². The molecule has 0 aliphatic carbocycles. The largest absolute Gasteiger partial charge is 0.373 e. The molecule has 0 aliphatic rings. The Morgan fingerprint density at radius 1 is 0.839 bits per heavy atom. The number of nitrogens with zero attached hydrogens (tertiary/aromatic N) is 2. The van der Waals surface area contributed by atoms with E-state index >= 15 is 0 Å². The first-order valence-electron chi connectivity index (χ1n) is 10.1. The van der Waals surface area contributed by atoms with Crippen LogP contribution in [0.15, 0.2) is 101 Å². The molecule has 1 unspecified atom stereocenters. The monoisotopic (exact) mass is 411 g/mol. The SMILES string of the molecule is C/C=C(\C)C(=O)C(C)Nc1ccccc1N=Nc1ccccc1C(=O)c1ccccc1. The summed E-state index contributed by atoms with van der Waals surface area (Å²) < 4.78 is 0. The molecule has 0 saturated heterocycles. The van der Waals surface area contributed by atoms with E-state index < -0.39 is 6.04 Å². The minimum Gasteiger partial charge on any atom is -0.373 e. The number of hydrogen-bond donors (Lipinski definition) is 1. The quantitative estimate of drug-likeness (QED) is 0.256. The van der Waals surface area contributed by atoms with Gasteiger partial charge in [-0.15, -0.1) is 10.2 Å². The number of rotatable bonds is 8. The number of hydrogen-bond acceptors (Lipinski definition) is 5. The second-order valence-electron chi connectivity index (χ2n) is 7.13. The average molecular weight is 412 g/mol. The van der Waals surface area contributed by atoms with Crippen molar-refractivity contribution < 1.29 is 9.59 Å². The number of para-hydroxylation sites is 1. The van der Waals surface area contributed by atoms with Crippen LogP contribution in [0, 0.1) is 0 Å². The maximum absolute atomic E-state index is 12.9. The second-order valence-corrected chi connectivity index (χ2v) is 7.13. The zero-order valence-electron chi connectivity index (χ0n) is 17.9. The lowest BCUT2D eigenvalue weighted by Crippen LogP contribution is -2.26. The Labute approximate surface area is 182 Å². The van der Waals surface area contributed by atoms with Gasteiger partial charge in [-0.25, -0.2) is 0 Å². The van der Waals surface area contributed by atoms with Crippen LogP contribution in [0.1, 0.15) is 36.7 Å². The van der Waals surface area contributed by atoms with Gasteiger partial charge in [0.05, 0.1) is 23.0 Å². The van der Waals surface area contributed by atoms with E-state index in [0.29, 0.717) is 33.8 Å². The van der Waals surface area contributed by atoms with E-state index in [1.165, 1.54) is 0 Å². The highest BCUT2D eigenvalue weighted by Crippen LogP contribution is 2.29. The molecular formula is C26H25N3O2. The summed E-state index contributed by atoms with van der Waals surface area (Å²) in [4.78, 5) is 25.3. The summed E-state index contributed by atoms with van der Waals surface area (Å²) in [6.45, 7) is 5.46. The van der Waals surface area contributed by atoms with Crippen LogP contribution in [0.5, 0.6) is 0 Å². The van der Waals surface area contributed by atoms with Crippen molar-refractivity contribution in [3.8, 4) is 0 Å². The zero-order valence-corrected chi connectivity index (χ0v) is 17.9. The number of carbonyl (C=O) groups is 2. The number of nitrogens with one attached hydrogen (secondary N) is 1. The van der Waals surface area contributed by atoms with Gasteiger partial charge in [-0.3, -0.25) is 9.59 Å². The summed E-state index contributed by atoms with van der Waals surface area (Å²) in [5.74, 6) is -0.0874. The fourth-order valence-corrected chi connectivity index (χ4v) is 3.07. The molecule has 0 aliphatic heterocycles. The number of Topliss-reactive ketones (excluding diaryl/α,β-unsaturated/α-hetero) is 1. The second kappa shape index (κ2) is 10.3. The van der Waals surface area contributed by atoms with E-state index in [4.69, 9.17) is 0 Å². The van der Waals surface area contributed by atoms with Gasteiger partial charge in [-0.1, -0.05) is 60.7 Å². The van der Waals surface area contributed by atoms with Crippen LogP contribution in [0.4, 0.5) is 17.1 Å². The maximum atomic E-state index is 12.9. The summed E-state index contributed by atoms with van der Waals surface area (Å²) in [6.07, 6.45) is 1.80. The van der Waals surface area contributed by atoms with Crippen LogP contribution in [0.25, 0.3) is 0 Å². The Balaban J connectivity index is 1.87. The first-order chi connectivity index (χ1) is 15.0. The highest BCUT2D eigenvalue weighted by molar-refractivity contribution is 6.11. The molecule has 5 nitrogen and oxygen atoms in total. The van der Waals surface area contributed by atoms with Crippen molar-refractivity contribution in [1.82, 2.24) is 0 Å². The number of carbonyl (C=O) groups excluding carboxylic acids is 2. The molecule has 3 rings (SSSR count). The zero-order chi connectivity index (χ0) is 22.2. The van der Waals surface area contributed by atoms with E-state index in [1.807, 2.05) is 68.4 Å². The van der Waals surface area contributed by atoms with E-state index in [-0.39, 0.29) is 11.6 Å². The topological polar surface area (TPSA) is 70.9 Å². The third kappa shape index (κ3) is 5.39. The highest BCUT2D eigenvalue weighted by atomic mass is 16.1. The van der Waals surface area contributed by atoms with Crippen LogP contribution in [-0.2, 0) is 4.79 Å². The van der Waals surface area contributed by atoms with Crippen LogP contribution in [-0.4, -0.2) is 17.6 Å².